The normalized spacial score (nSPS) is 20.3. The van der Waals surface area contributed by atoms with Crippen molar-refractivity contribution in [3.05, 3.63) is 95.6 Å². The maximum atomic E-state index is 13.2. The van der Waals surface area contributed by atoms with Crippen LogP contribution in [0.3, 0.4) is 0 Å². The van der Waals surface area contributed by atoms with E-state index < -0.39 is 35.7 Å². The number of urea groups is 1. The van der Waals surface area contributed by atoms with Crippen molar-refractivity contribution in [1.82, 2.24) is 10.6 Å². The fourth-order valence-electron chi connectivity index (χ4n) is 6.44. The van der Waals surface area contributed by atoms with Gasteiger partial charge in [0.2, 0.25) is 0 Å². The Morgan fingerprint density at radius 3 is 1.86 bits per heavy atom. The summed E-state index contributed by atoms with van der Waals surface area (Å²) in [6, 6.07) is 19.1. The number of carbonyl (C=O) groups excluding carboxylic acids is 1. The highest BCUT2D eigenvalue weighted by Crippen LogP contribution is 2.44. The van der Waals surface area contributed by atoms with Gasteiger partial charge >= 0.3 is 18.8 Å². The Hall–Kier alpha value is -3.89. The van der Waals surface area contributed by atoms with Crippen molar-refractivity contribution >= 4 is 6.03 Å². The van der Waals surface area contributed by atoms with Crippen LogP contribution in [0, 0.1) is 11.8 Å². The minimum absolute atomic E-state index is 0.0271. The van der Waals surface area contributed by atoms with E-state index in [1.807, 2.05) is 0 Å². The maximum absolute atomic E-state index is 13.2. The van der Waals surface area contributed by atoms with Gasteiger partial charge in [-0.25, -0.2) is 4.79 Å². The molecule has 11 heteroatoms. The van der Waals surface area contributed by atoms with Gasteiger partial charge in [0.25, 0.3) is 0 Å². The third kappa shape index (κ3) is 7.30. The SMILES string of the molecule is O=C(NCC(Cc1ccccc1)(c1cccc(OC(F)(F)F)c1)c1cccc(OC(F)(F)F)c1)N[C@H]1C[C@H]2CC[C@@H]1C2. The number of carbonyl (C=O) groups is 1. The van der Waals surface area contributed by atoms with Crippen molar-refractivity contribution in [1.29, 1.82) is 0 Å². The largest absolute Gasteiger partial charge is 0.573 e. The zero-order chi connectivity index (χ0) is 30.0. The summed E-state index contributed by atoms with van der Waals surface area (Å²) in [7, 11) is 0. The highest BCUT2D eigenvalue weighted by Gasteiger charge is 2.41. The van der Waals surface area contributed by atoms with Gasteiger partial charge in [-0.15, -0.1) is 26.3 Å². The van der Waals surface area contributed by atoms with E-state index in [-0.39, 0.29) is 19.0 Å². The molecule has 5 rings (SSSR count). The Labute approximate surface area is 239 Å². The predicted octanol–water partition coefficient (Wildman–Crippen LogP) is 7.50. The minimum Gasteiger partial charge on any atom is -0.406 e. The van der Waals surface area contributed by atoms with Gasteiger partial charge in [0.1, 0.15) is 11.5 Å². The first-order valence-corrected chi connectivity index (χ1v) is 13.7. The number of amides is 2. The van der Waals surface area contributed by atoms with Gasteiger partial charge in [-0.2, -0.15) is 0 Å². The second-order valence-electron chi connectivity index (χ2n) is 11.0. The second kappa shape index (κ2) is 11.8. The van der Waals surface area contributed by atoms with E-state index in [1.54, 1.807) is 42.5 Å². The van der Waals surface area contributed by atoms with Crippen LogP contribution < -0.4 is 20.1 Å². The van der Waals surface area contributed by atoms with E-state index in [0.29, 0.717) is 23.0 Å². The van der Waals surface area contributed by atoms with Gasteiger partial charge in [-0.1, -0.05) is 61.0 Å². The molecule has 3 atom stereocenters. The molecule has 0 heterocycles. The smallest absolute Gasteiger partial charge is 0.406 e. The summed E-state index contributed by atoms with van der Waals surface area (Å²) in [5.41, 5.74) is 0.0376. The lowest BCUT2D eigenvalue weighted by molar-refractivity contribution is -0.275. The van der Waals surface area contributed by atoms with Crippen molar-refractivity contribution in [3.63, 3.8) is 0 Å². The number of hydrogen-bond donors (Lipinski definition) is 2. The number of halogens is 6. The third-order valence-corrected chi connectivity index (χ3v) is 8.19. The van der Waals surface area contributed by atoms with Gasteiger partial charge in [0.05, 0.1) is 0 Å². The molecule has 2 N–H and O–H groups in total. The van der Waals surface area contributed by atoms with Crippen LogP contribution in [0.25, 0.3) is 0 Å². The summed E-state index contributed by atoms with van der Waals surface area (Å²) in [5, 5.41) is 5.92. The number of rotatable bonds is 9. The Bertz CT molecular complexity index is 1320. The summed E-state index contributed by atoms with van der Waals surface area (Å²) < 4.78 is 87.3. The van der Waals surface area contributed by atoms with Crippen molar-refractivity contribution in [2.75, 3.05) is 6.54 Å². The minimum atomic E-state index is -4.96. The summed E-state index contributed by atoms with van der Waals surface area (Å²) in [5.74, 6) is 0.00516. The lowest BCUT2D eigenvalue weighted by Gasteiger charge is -2.36. The molecule has 0 spiro atoms. The van der Waals surface area contributed by atoms with Gasteiger partial charge < -0.3 is 20.1 Å². The Morgan fingerprint density at radius 2 is 1.36 bits per heavy atom. The molecule has 2 aliphatic carbocycles. The summed E-state index contributed by atoms with van der Waals surface area (Å²) in [6.45, 7) is -0.139. The van der Waals surface area contributed by atoms with Gasteiger partial charge in [-0.05, 0) is 78.5 Å². The van der Waals surface area contributed by atoms with Crippen LogP contribution in [0.2, 0.25) is 0 Å². The van der Waals surface area contributed by atoms with E-state index in [4.69, 9.17) is 0 Å². The van der Waals surface area contributed by atoms with E-state index in [9.17, 15) is 31.1 Å². The Balaban J connectivity index is 1.55. The molecule has 224 valence electrons. The molecule has 0 radical (unpaired) electrons. The highest BCUT2D eigenvalue weighted by molar-refractivity contribution is 5.74. The van der Waals surface area contributed by atoms with Crippen molar-refractivity contribution in [2.24, 2.45) is 11.8 Å². The molecule has 0 aromatic heterocycles. The molecule has 2 aliphatic rings. The summed E-state index contributed by atoms with van der Waals surface area (Å²) >= 11 is 0. The van der Waals surface area contributed by atoms with Crippen molar-refractivity contribution in [3.8, 4) is 11.5 Å². The van der Waals surface area contributed by atoms with E-state index in [1.165, 1.54) is 24.3 Å². The molecule has 3 aromatic carbocycles. The molecule has 5 nitrogen and oxygen atoms in total. The van der Waals surface area contributed by atoms with Crippen LogP contribution >= 0.6 is 0 Å². The number of hydrogen-bond acceptors (Lipinski definition) is 3. The number of nitrogens with one attached hydrogen (secondary N) is 2. The lowest BCUT2D eigenvalue weighted by atomic mass is 9.70. The van der Waals surface area contributed by atoms with Crippen molar-refractivity contribution in [2.45, 2.75) is 56.3 Å². The Kier molecular flexibility index (Phi) is 8.30. The standard InChI is InChI=1S/C31H30F6N2O3/c32-30(33,34)41-25-10-4-8-23(16-25)29(18-20-6-2-1-3-7-20,24-9-5-11-26(17-24)42-31(35,36)37)19-38-28(40)39-27-15-21-12-13-22(27)14-21/h1-11,16-17,21-22,27H,12-15,18-19H2,(H2,38,39,40)/t21-,22+,27-/m0/s1. The Morgan fingerprint density at radius 1 is 0.762 bits per heavy atom. The average molecular weight is 593 g/mol. The number of alkyl halides is 6. The summed E-state index contributed by atoms with van der Waals surface area (Å²) in [4.78, 5) is 13.2. The number of benzene rings is 3. The topological polar surface area (TPSA) is 59.6 Å². The molecule has 0 saturated heterocycles. The molecule has 2 amide bonds. The fourth-order valence-corrected chi connectivity index (χ4v) is 6.44. The van der Waals surface area contributed by atoms with Crippen molar-refractivity contribution < 1.29 is 40.6 Å². The van der Waals surface area contributed by atoms with Crippen LogP contribution in [-0.2, 0) is 11.8 Å². The van der Waals surface area contributed by atoms with E-state index in [2.05, 4.69) is 20.1 Å². The third-order valence-electron chi connectivity index (χ3n) is 8.19. The first kappa shape index (κ1) is 29.6. The highest BCUT2D eigenvalue weighted by atomic mass is 19.4. The van der Waals surface area contributed by atoms with Crippen LogP contribution in [0.1, 0.15) is 42.4 Å². The molecule has 2 saturated carbocycles. The first-order valence-electron chi connectivity index (χ1n) is 13.7. The van der Waals surface area contributed by atoms with Gasteiger partial charge in [-0.3, -0.25) is 0 Å². The molecule has 0 unspecified atom stereocenters. The zero-order valence-corrected chi connectivity index (χ0v) is 22.5. The summed E-state index contributed by atoms with van der Waals surface area (Å²) in [6.07, 6.45) is -5.63. The number of ether oxygens (including phenoxy) is 2. The molecule has 2 bridgehead atoms. The van der Waals surface area contributed by atoms with E-state index >= 15 is 0 Å². The quantitative estimate of drug-likeness (QED) is 0.253. The zero-order valence-electron chi connectivity index (χ0n) is 22.5. The average Bonchev–Trinajstić information content (AvgIpc) is 3.54. The molecular formula is C31H30F6N2O3. The first-order chi connectivity index (χ1) is 19.9. The predicted molar refractivity (Wildman–Crippen MR) is 143 cm³/mol. The maximum Gasteiger partial charge on any atom is 0.573 e. The second-order valence-corrected chi connectivity index (χ2v) is 11.0. The van der Waals surface area contributed by atoms with Crippen LogP contribution in [0.5, 0.6) is 11.5 Å². The van der Waals surface area contributed by atoms with Gasteiger partial charge in [0.15, 0.2) is 0 Å². The molecule has 42 heavy (non-hydrogen) atoms. The molecular weight excluding hydrogens is 562 g/mol. The monoisotopic (exact) mass is 592 g/mol. The number of fused-ring (bicyclic) bond motifs is 2. The molecule has 2 fully saturated rings. The van der Waals surface area contributed by atoms with Gasteiger partial charge in [0, 0.05) is 18.0 Å². The fraction of sp³-hybridized carbons (Fsp3) is 0.387. The van der Waals surface area contributed by atoms with Crippen LogP contribution in [0.15, 0.2) is 78.9 Å². The molecule has 3 aromatic rings. The van der Waals surface area contributed by atoms with Crippen LogP contribution in [0.4, 0.5) is 31.1 Å². The van der Waals surface area contributed by atoms with E-state index in [0.717, 1.165) is 43.4 Å². The van der Waals surface area contributed by atoms with Crippen LogP contribution in [-0.4, -0.2) is 31.3 Å². The lowest BCUT2D eigenvalue weighted by Crippen LogP contribution is -2.50. The molecule has 0 aliphatic heterocycles.